The summed E-state index contributed by atoms with van der Waals surface area (Å²) in [6.45, 7) is 5.81. The second-order valence-electron chi connectivity index (χ2n) is 4.84. The molecule has 1 aromatic carbocycles. The molecule has 0 aliphatic carbocycles. The third-order valence-electron chi connectivity index (χ3n) is 3.01. The molecule has 0 saturated heterocycles. The van der Waals surface area contributed by atoms with Gasteiger partial charge in [-0.3, -0.25) is 0 Å². The lowest BCUT2D eigenvalue weighted by Gasteiger charge is -2.22. The van der Waals surface area contributed by atoms with Gasteiger partial charge in [0.1, 0.15) is 6.61 Å². The average Bonchev–Trinajstić information content (AvgIpc) is 2.36. The third-order valence-corrected chi connectivity index (χ3v) is 3.01. The van der Waals surface area contributed by atoms with Gasteiger partial charge in [-0.15, -0.1) is 0 Å². The molecular formula is C14H23NO3. The zero-order chi connectivity index (χ0) is 13.8. The minimum absolute atomic E-state index is 0.0494. The lowest BCUT2D eigenvalue weighted by molar-refractivity contribution is 0.00774. The van der Waals surface area contributed by atoms with Crippen LogP contribution in [0.4, 0.5) is 0 Å². The van der Waals surface area contributed by atoms with Gasteiger partial charge in [-0.1, -0.05) is 13.0 Å². The SMILES string of the molecule is CCC(C)(O)COc1ccc(C(C)N)cc1OC. The van der Waals surface area contributed by atoms with E-state index in [1.165, 1.54) is 0 Å². The van der Waals surface area contributed by atoms with Gasteiger partial charge in [0.15, 0.2) is 11.5 Å². The minimum atomic E-state index is -0.829. The molecule has 4 heteroatoms. The Bertz CT molecular complexity index is 389. The molecule has 2 unspecified atom stereocenters. The van der Waals surface area contributed by atoms with Crippen molar-refractivity contribution in [1.29, 1.82) is 0 Å². The van der Waals surface area contributed by atoms with Crippen LogP contribution in [0.25, 0.3) is 0 Å². The van der Waals surface area contributed by atoms with E-state index >= 15 is 0 Å². The van der Waals surface area contributed by atoms with E-state index in [-0.39, 0.29) is 12.6 Å². The Kier molecular flexibility index (Phi) is 4.99. The van der Waals surface area contributed by atoms with Crippen LogP contribution in [0.2, 0.25) is 0 Å². The number of hydrogen-bond acceptors (Lipinski definition) is 4. The summed E-state index contributed by atoms with van der Waals surface area (Å²) in [5.41, 5.74) is 5.97. The maximum Gasteiger partial charge on any atom is 0.161 e. The quantitative estimate of drug-likeness (QED) is 0.816. The summed E-state index contributed by atoms with van der Waals surface area (Å²) >= 11 is 0. The Balaban J connectivity index is 2.83. The summed E-state index contributed by atoms with van der Waals surface area (Å²) in [5.74, 6) is 1.26. The van der Waals surface area contributed by atoms with Crippen LogP contribution in [0.5, 0.6) is 11.5 Å². The second-order valence-corrected chi connectivity index (χ2v) is 4.84. The molecule has 0 saturated carbocycles. The van der Waals surface area contributed by atoms with Crippen molar-refractivity contribution in [1.82, 2.24) is 0 Å². The van der Waals surface area contributed by atoms with Gasteiger partial charge in [-0.25, -0.2) is 0 Å². The van der Waals surface area contributed by atoms with E-state index in [4.69, 9.17) is 15.2 Å². The van der Waals surface area contributed by atoms with Crippen molar-refractivity contribution in [3.05, 3.63) is 23.8 Å². The molecule has 0 aliphatic rings. The lowest BCUT2D eigenvalue weighted by atomic mass is 10.1. The number of rotatable bonds is 6. The summed E-state index contributed by atoms with van der Waals surface area (Å²) in [7, 11) is 1.59. The molecule has 102 valence electrons. The molecule has 0 aromatic heterocycles. The first-order chi connectivity index (χ1) is 8.39. The molecule has 0 fully saturated rings. The van der Waals surface area contributed by atoms with Gasteiger partial charge in [-0.2, -0.15) is 0 Å². The van der Waals surface area contributed by atoms with Crippen LogP contribution in [0.3, 0.4) is 0 Å². The Hall–Kier alpha value is -1.26. The van der Waals surface area contributed by atoms with Crippen molar-refractivity contribution in [2.75, 3.05) is 13.7 Å². The minimum Gasteiger partial charge on any atom is -0.493 e. The van der Waals surface area contributed by atoms with Crippen molar-refractivity contribution in [3.8, 4) is 11.5 Å². The number of methoxy groups -OCH3 is 1. The van der Waals surface area contributed by atoms with Crippen LogP contribution in [-0.4, -0.2) is 24.4 Å². The van der Waals surface area contributed by atoms with E-state index in [2.05, 4.69) is 0 Å². The molecule has 18 heavy (non-hydrogen) atoms. The predicted octanol–water partition coefficient (Wildman–Crippen LogP) is 2.25. The first-order valence-electron chi connectivity index (χ1n) is 6.18. The molecule has 0 radical (unpaired) electrons. The van der Waals surface area contributed by atoms with E-state index in [9.17, 15) is 5.11 Å². The Labute approximate surface area is 109 Å². The highest BCUT2D eigenvalue weighted by Crippen LogP contribution is 2.30. The number of benzene rings is 1. The normalized spacial score (nSPS) is 15.9. The number of nitrogens with two attached hydrogens (primary N) is 1. The first-order valence-corrected chi connectivity index (χ1v) is 6.18. The third kappa shape index (κ3) is 3.89. The van der Waals surface area contributed by atoms with Crippen LogP contribution in [0.1, 0.15) is 38.8 Å². The second kappa shape index (κ2) is 6.07. The fraction of sp³-hybridized carbons (Fsp3) is 0.571. The molecule has 0 aliphatic heterocycles. The van der Waals surface area contributed by atoms with E-state index in [0.29, 0.717) is 17.9 Å². The summed E-state index contributed by atoms with van der Waals surface area (Å²) in [4.78, 5) is 0. The zero-order valence-corrected chi connectivity index (χ0v) is 11.6. The smallest absolute Gasteiger partial charge is 0.161 e. The maximum atomic E-state index is 9.91. The van der Waals surface area contributed by atoms with Gasteiger partial charge in [0.2, 0.25) is 0 Å². The highest BCUT2D eigenvalue weighted by Gasteiger charge is 2.19. The van der Waals surface area contributed by atoms with Gasteiger partial charge < -0.3 is 20.3 Å². The van der Waals surface area contributed by atoms with Crippen LogP contribution < -0.4 is 15.2 Å². The standard InChI is InChI=1S/C14H23NO3/c1-5-14(3,16)9-18-12-7-6-11(10(2)15)8-13(12)17-4/h6-8,10,16H,5,9,15H2,1-4H3. The topological polar surface area (TPSA) is 64.7 Å². The molecule has 4 nitrogen and oxygen atoms in total. The van der Waals surface area contributed by atoms with Crippen molar-refractivity contribution < 1.29 is 14.6 Å². The molecule has 1 aromatic rings. The Morgan fingerprint density at radius 2 is 2.06 bits per heavy atom. The lowest BCUT2D eigenvalue weighted by Crippen LogP contribution is -2.31. The van der Waals surface area contributed by atoms with Gasteiger partial charge >= 0.3 is 0 Å². The van der Waals surface area contributed by atoms with Crippen LogP contribution >= 0.6 is 0 Å². The van der Waals surface area contributed by atoms with E-state index in [1.54, 1.807) is 14.0 Å². The van der Waals surface area contributed by atoms with Crippen molar-refractivity contribution in [2.45, 2.75) is 38.8 Å². The van der Waals surface area contributed by atoms with Gasteiger partial charge in [0.25, 0.3) is 0 Å². The molecule has 0 heterocycles. The van der Waals surface area contributed by atoms with Crippen molar-refractivity contribution in [3.63, 3.8) is 0 Å². The van der Waals surface area contributed by atoms with Gasteiger partial charge in [0, 0.05) is 6.04 Å². The Morgan fingerprint density at radius 1 is 1.39 bits per heavy atom. The summed E-state index contributed by atoms with van der Waals surface area (Å²) < 4.78 is 10.9. The largest absolute Gasteiger partial charge is 0.493 e. The van der Waals surface area contributed by atoms with Gasteiger partial charge in [-0.05, 0) is 38.0 Å². The number of ether oxygens (including phenoxy) is 2. The molecule has 0 bridgehead atoms. The molecule has 3 N–H and O–H groups in total. The van der Waals surface area contributed by atoms with Gasteiger partial charge in [0.05, 0.1) is 12.7 Å². The van der Waals surface area contributed by atoms with Crippen LogP contribution in [0, 0.1) is 0 Å². The van der Waals surface area contributed by atoms with Crippen LogP contribution in [0.15, 0.2) is 18.2 Å². The molecule has 0 spiro atoms. The predicted molar refractivity (Wildman–Crippen MR) is 72.0 cm³/mol. The molecular weight excluding hydrogens is 230 g/mol. The van der Waals surface area contributed by atoms with E-state index in [1.807, 2.05) is 32.0 Å². The number of aliphatic hydroxyl groups is 1. The van der Waals surface area contributed by atoms with E-state index in [0.717, 1.165) is 5.56 Å². The van der Waals surface area contributed by atoms with Crippen molar-refractivity contribution in [2.24, 2.45) is 5.73 Å². The molecule has 1 rings (SSSR count). The summed E-state index contributed by atoms with van der Waals surface area (Å²) in [6.07, 6.45) is 0.632. The maximum absolute atomic E-state index is 9.91. The van der Waals surface area contributed by atoms with Crippen molar-refractivity contribution >= 4 is 0 Å². The fourth-order valence-electron chi connectivity index (χ4n) is 1.42. The monoisotopic (exact) mass is 253 g/mol. The van der Waals surface area contributed by atoms with Crippen LogP contribution in [-0.2, 0) is 0 Å². The number of hydrogen-bond donors (Lipinski definition) is 2. The highest BCUT2D eigenvalue weighted by molar-refractivity contribution is 5.43. The summed E-state index contributed by atoms with van der Waals surface area (Å²) in [5, 5.41) is 9.91. The highest BCUT2D eigenvalue weighted by atomic mass is 16.5. The fourth-order valence-corrected chi connectivity index (χ4v) is 1.42. The Morgan fingerprint density at radius 3 is 2.56 bits per heavy atom. The summed E-state index contributed by atoms with van der Waals surface area (Å²) in [6, 6.07) is 5.54. The first kappa shape index (κ1) is 14.8. The molecule has 2 atom stereocenters. The zero-order valence-electron chi connectivity index (χ0n) is 11.6. The van der Waals surface area contributed by atoms with E-state index < -0.39 is 5.60 Å². The average molecular weight is 253 g/mol. The molecule has 0 amide bonds.